The van der Waals surface area contributed by atoms with E-state index in [4.69, 9.17) is 10.5 Å². The summed E-state index contributed by atoms with van der Waals surface area (Å²) in [7, 11) is 0. The molecule has 1 heterocycles. The molecular formula is C13H14N2O2S. The molecule has 0 radical (unpaired) electrons. The van der Waals surface area contributed by atoms with Crippen LogP contribution in [0, 0.1) is 0 Å². The van der Waals surface area contributed by atoms with Gasteiger partial charge in [0.25, 0.3) is 0 Å². The summed E-state index contributed by atoms with van der Waals surface area (Å²) in [6.45, 7) is 0.333. The fraction of sp³-hybridized carbons (Fsp3) is 0.154. The number of thiophene rings is 1. The molecule has 0 aliphatic carbocycles. The van der Waals surface area contributed by atoms with E-state index in [-0.39, 0.29) is 5.91 Å². The second kappa shape index (κ2) is 6.07. The van der Waals surface area contributed by atoms with Gasteiger partial charge in [0.1, 0.15) is 5.75 Å². The van der Waals surface area contributed by atoms with Crippen molar-refractivity contribution >= 4 is 28.6 Å². The fourth-order valence-electron chi connectivity index (χ4n) is 1.42. The van der Waals surface area contributed by atoms with E-state index in [1.54, 1.807) is 23.5 Å². The van der Waals surface area contributed by atoms with Crippen LogP contribution >= 0.6 is 11.3 Å². The Hall–Kier alpha value is -2.01. The third-order valence-corrected chi connectivity index (χ3v) is 2.94. The van der Waals surface area contributed by atoms with Crippen molar-refractivity contribution in [2.24, 2.45) is 0 Å². The number of nitrogens with two attached hydrogens (primary N) is 1. The first-order valence-corrected chi connectivity index (χ1v) is 6.49. The Kier molecular flexibility index (Phi) is 4.20. The minimum absolute atomic E-state index is 0.0581. The summed E-state index contributed by atoms with van der Waals surface area (Å²) in [5, 5.41) is 6.59. The predicted molar refractivity (Wildman–Crippen MR) is 73.9 cm³/mol. The fourth-order valence-corrected chi connectivity index (χ4v) is 2.01. The van der Waals surface area contributed by atoms with Gasteiger partial charge in [-0.15, -0.1) is 0 Å². The van der Waals surface area contributed by atoms with Crippen molar-refractivity contribution in [3.8, 4) is 5.75 Å². The lowest BCUT2D eigenvalue weighted by molar-refractivity contribution is -0.116. The molecule has 0 aliphatic rings. The zero-order valence-electron chi connectivity index (χ0n) is 9.76. The molecule has 5 heteroatoms. The van der Waals surface area contributed by atoms with Crippen LogP contribution in [0.2, 0.25) is 0 Å². The van der Waals surface area contributed by atoms with Crippen molar-refractivity contribution in [1.29, 1.82) is 0 Å². The van der Waals surface area contributed by atoms with Crippen LogP contribution < -0.4 is 15.8 Å². The summed E-state index contributed by atoms with van der Waals surface area (Å²) >= 11 is 1.54. The molecule has 0 bridgehead atoms. The van der Waals surface area contributed by atoms with Crippen molar-refractivity contribution in [1.82, 2.24) is 0 Å². The first kappa shape index (κ1) is 12.4. The second-order valence-electron chi connectivity index (χ2n) is 3.73. The van der Waals surface area contributed by atoms with E-state index in [1.165, 1.54) is 0 Å². The van der Waals surface area contributed by atoms with E-state index in [0.29, 0.717) is 24.5 Å². The number of carbonyl (C=O) groups is 1. The molecule has 0 unspecified atom stereocenters. The van der Waals surface area contributed by atoms with E-state index in [9.17, 15) is 4.79 Å². The number of nitrogen functional groups attached to an aromatic ring is 1. The highest BCUT2D eigenvalue weighted by Gasteiger charge is 2.03. The van der Waals surface area contributed by atoms with Crippen LogP contribution in [-0.2, 0) is 4.79 Å². The Bertz CT molecular complexity index is 511. The van der Waals surface area contributed by atoms with Gasteiger partial charge in [-0.25, -0.2) is 0 Å². The number of rotatable bonds is 5. The minimum Gasteiger partial charge on any atom is -0.493 e. The monoisotopic (exact) mass is 262 g/mol. The molecule has 2 aromatic rings. The lowest BCUT2D eigenvalue weighted by Gasteiger charge is -2.06. The van der Waals surface area contributed by atoms with Crippen LogP contribution in [0.25, 0.3) is 0 Å². The third-order valence-electron chi connectivity index (χ3n) is 2.26. The molecule has 0 atom stereocenters. The number of amides is 1. The zero-order chi connectivity index (χ0) is 12.8. The summed E-state index contributed by atoms with van der Waals surface area (Å²) in [6, 6.07) is 9.01. The molecule has 94 valence electrons. The third kappa shape index (κ3) is 3.78. The average molecular weight is 262 g/mol. The molecule has 0 spiro atoms. The zero-order valence-corrected chi connectivity index (χ0v) is 10.6. The van der Waals surface area contributed by atoms with Gasteiger partial charge < -0.3 is 15.8 Å². The van der Waals surface area contributed by atoms with Crippen molar-refractivity contribution < 1.29 is 9.53 Å². The topological polar surface area (TPSA) is 64.3 Å². The van der Waals surface area contributed by atoms with E-state index in [2.05, 4.69) is 5.32 Å². The minimum atomic E-state index is -0.0581. The van der Waals surface area contributed by atoms with Crippen LogP contribution in [0.4, 0.5) is 11.4 Å². The Labute approximate surface area is 109 Å². The van der Waals surface area contributed by atoms with Gasteiger partial charge in [0.2, 0.25) is 5.91 Å². The number of benzene rings is 1. The number of anilines is 2. The number of hydrogen-bond acceptors (Lipinski definition) is 4. The van der Waals surface area contributed by atoms with Gasteiger partial charge in [-0.3, -0.25) is 4.79 Å². The first-order chi connectivity index (χ1) is 8.74. The molecule has 4 nitrogen and oxygen atoms in total. The molecule has 1 amide bonds. The number of nitrogens with one attached hydrogen (secondary N) is 1. The molecule has 2 rings (SSSR count). The maximum atomic E-state index is 11.6. The smallest absolute Gasteiger partial charge is 0.227 e. The lowest BCUT2D eigenvalue weighted by Crippen LogP contribution is -2.14. The Morgan fingerprint density at radius 3 is 3.00 bits per heavy atom. The molecule has 18 heavy (non-hydrogen) atoms. The van der Waals surface area contributed by atoms with E-state index in [1.807, 2.05) is 29.0 Å². The normalized spacial score (nSPS) is 10.0. The molecule has 0 saturated carbocycles. The van der Waals surface area contributed by atoms with Crippen molar-refractivity contribution in [3.05, 3.63) is 41.1 Å². The van der Waals surface area contributed by atoms with Crippen molar-refractivity contribution in [2.75, 3.05) is 17.7 Å². The van der Waals surface area contributed by atoms with Gasteiger partial charge in [-0.05, 0) is 23.6 Å². The van der Waals surface area contributed by atoms with E-state index in [0.717, 1.165) is 5.69 Å². The molecule has 1 aromatic carbocycles. The summed E-state index contributed by atoms with van der Waals surface area (Å²) in [5.74, 6) is 0.621. The summed E-state index contributed by atoms with van der Waals surface area (Å²) < 4.78 is 5.44. The molecule has 0 saturated heterocycles. The van der Waals surface area contributed by atoms with Crippen LogP contribution in [0.15, 0.2) is 41.1 Å². The highest BCUT2D eigenvalue weighted by molar-refractivity contribution is 7.08. The summed E-state index contributed by atoms with van der Waals surface area (Å²) in [5.41, 5.74) is 7.10. The van der Waals surface area contributed by atoms with Gasteiger partial charge in [-0.2, -0.15) is 11.3 Å². The average Bonchev–Trinajstić information content (AvgIpc) is 2.82. The number of ether oxygens (including phenoxy) is 1. The highest BCUT2D eigenvalue weighted by Crippen LogP contribution is 2.15. The van der Waals surface area contributed by atoms with E-state index >= 15 is 0 Å². The Balaban J connectivity index is 1.73. The van der Waals surface area contributed by atoms with Gasteiger partial charge in [0.05, 0.1) is 18.7 Å². The maximum absolute atomic E-state index is 11.6. The number of carbonyl (C=O) groups excluding carboxylic acids is 1. The first-order valence-electron chi connectivity index (χ1n) is 5.54. The van der Waals surface area contributed by atoms with Gasteiger partial charge in [-0.1, -0.05) is 6.07 Å². The van der Waals surface area contributed by atoms with Gasteiger partial charge in [0, 0.05) is 17.1 Å². The van der Waals surface area contributed by atoms with Crippen molar-refractivity contribution in [2.45, 2.75) is 6.42 Å². The lowest BCUT2D eigenvalue weighted by atomic mass is 10.3. The van der Waals surface area contributed by atoms with Crippen molar-refractivity contribution in [3.63, 3.8) is 0 Å². The van der Waals surface area contributed by atoms with Crippen LogP contribution in [0.3, 0.4) is 0 Å². The maximum Gasteiger partial charge on any atom is 0.227 e. The molecule has 1 aromatic heterocycles. The van der Waals surface area contributed by atoms with Crippen LogP contribution in [0.5, 0.6) is 5.75 Å². The van der Waals surface area contributed by atoms with Crippen LogP contribution in [-0.4, -0.2) is 12.5 Å². The second-order valence-corrected chi connectivity index (χ2v) is 4.51. The summed E-state index contributed by atoms with van der Waals surface area (Å²) in [6.07, 6.45) is 0.310. The van der Waals surface area contributed by atoms with Gasteiger partial charge in [0.15, 0.2) is 0 Å². The Morgan fingerprint density at radius 1 is 1.39 bits per heavy atom. The van der Waals surface area contributed by atoms with E-state index < -0.39 is 0 Å². The quantitative estimate of drug-likeness (QED) is 0.814. The molecule has 0 fully saturated rings. The Morgan fingerprint density at radius 2 is 2.28 bits per heavy atom. The molecular weight excluding hydrogens is 248 g/mol. The molecule has 3 N–H and O–H groups in total. The highest BCUT2D eigenvalue weighted by atomic mass is 32.1. The number of hydrogen-bond donors (Lipinski definition) is 2. The predicted octanol–water partition coefficient (Wildman–Crippen LogP) is 2.74. The van der Waals surface area contributed by atoms with Gasteiger partial charge >= 0.3 is 0 Å². The molecule has 0 aliphatic heterocycles. The van der Waals surface area contributed by atoms with Crippen LogP contribution in [0.1, 0.15) is 6.42 Å². The standard InChI is InChI=1S/C13H14N2O2S/c14-10-2-1-3-12(8-10)17-6-4-13(16)15-11-5-7-18-9-11/h1-3,5,7-9H,4,6,14H2,(H,15,16). The SMILES string of the molecule is Nc1cccc(OCCC(=O)Nc2ccsc2)c1. The largest absolute Gasteiger partial charge is 0.493 e. The summed E-state index contributed by atoms with van der Waals surface area (Å²) in [4.78, 5) is 11.6.